The molecule has 0 amide bonds. The second-order valence-electron chi connectivity index (χ2n) is 4.00. The number of aromatic nitrogens is 1. The standard InChI is InChI=1S/C13H14N2O2S/c1-11-4-2-6-13(8-11)18(16,17)15-10-12-5-3-7-14-9-12/h2-9,15H,10H2,1H3. The summed E-state index contributed by atoms with van der Waals surface area (Å²) in [5, 5.41) is 0. The predicted octanol–water partition coefficient (Wildman–Crippen LogP) is 1.87. The van der Waals surface area contributed by atoms with Gasteiger partial charge in [0.05, 0.1) is 4.90 Å². The maximum Gasteiger partial charge on any atom is 0.240 e. The van der Waals surface area contributed by atoms with Gasteiger partial charge in [0.2, 0.25) is 10.0 Å². The number of benzene rings is 1. The number of rotatable bonds is 4. The zero-order valence-electron chi connectivity index (χ0n) is 10.00. The Bertz CT molecular complexity index is 624. The topological polar surface area (TPSA) is 59.1 Å². The highest BCUT2D eigenvalue weighted by Crippen LogP contribution is 2.11. The fraction of sp³-hybridized carbons (Fsp3) is 0.154. The summed E-state index contributed by atoms with van der Waals surface area (Å²) in [6.07, 6.45) is 3.29. The highest BCUT2D eigenvalue weighted by Gasteiger charge is 2.13. The number of sulfonamides is 1. The molecule has 0 spiro atoms. The average Bonchev–Trinajstić information content (AvgIpc) is 2.38. The van der Waals surface area contributed by atoms with Crippen LogP contribution in [0.2, 0.25) is 0 Å². The maximum atomic E-state index is 12.0. The summed E-state index contributed by atoms with van der Waals surface area (Å²) in [5.41, 5.74) is 1.74. The fourth-order valence-corrected chi connectivity index (χ4v) is 2.67. The average molecular weight is 262 g/mol. The normalized spacial score (nSPS) is 11.4. The molecule has 2 aromatic rings. The molecule has 1 heterocycles. The fourth-order valence-electron chi connectivity index (χ4n) is 1.55. The molecule has 0 aliphatic rings. The first-order chi connectivity index (χ1) is 8.58. The van der Waals surface area contributed by atoms with E-state index in [9.17, 15) is 8.42 Å². The molecule has 0 aliphatic heterocycles. The molecule has 1 aromatic heterocycles. The third kappa shape index (κ3) is 3.15. The minimum Gasteiger partial charge on any atom is -0.264 e. The second-order valence-corrected chi connectivity index (χ2v) is 5.77. The van der Waals surface area contributed by atoms with Gasteiger partial charge in [-0.15, -0.1) is 0 Å². The lowest BCUT2D eigenvalue weighted by molar-refractivity contribution is 0.581. The Labute approximate surface area is 107 Å². The smallest absolute Gasteiger partial charge is 0.240 e. The van der Waals surface area contributed by atoms with Crippen molar-refractivity contribution in [3.63, 3.8) is 0 Å². The van der Waals surface area contributed by atoms with Gasteiger partial charge in [0.25, 0.3) is 0 Å². The largest absolute Gasteiger partial charge is 0.264 e. The van der Waals surface area contributed by atoms with E-state index in [1.807, 2.05) is 19.1 Å². The molecule has 1 aromatic carbocycles. The lowest BCUT2D eigenvalue weighted by Gasteiger charge is -2.07. The van der Waals surface area contributed by atoms with Crippen molar-refractivity contribution in [3.05, 3.63) is 59.9 Å². The monoisotopic (exact) mass is 262 g/mol. The molecule has 0 atom stereocenters. The van der Waals surface area contributed by atoms with Gasteiger partial charge in [0.1, 0.15) is 0 Å². The number of hydrogen-bond donors (Lipinski definition) is 1. The SMILES string of the molecule is Cc1cccc(S(=O)(=O)NCc2cccnc2)c1. The number of hydrogen-bond acceptors (Lipinski definition) is 3. The molecular weight excluding hydrogens is 248 g/mol. The Balaban J connectivity index is 2.13. The van der Waals surface area contributed by atoms with E-state index in [2.05, 4.69) is 9.71 Å². The Morgan fingerprint density at radius 3 is 2.72 bits per heavy atom. The molecule has 2 rings (SSSR count). The predicted molar refractivity (Wildman–Crippen MR) is 69.4 cm³/mol. The van der Waals surface area contributed by atoms with Crippen LogP contribution in [0.15, 0.2) is 53.7 Å². The highest BCUT2D eigenvalue weighted by atomic mass is 32.2. The first kappa shape index (κ1) is 12.7. The van der Waals surface area contributed by atoms with E-state index in [0.29, 0.717) is 0 Å². The quantitative estimate of drug-likeness (QED) is 0.915. The van der Waals surface area contributed by atoms with Crippen LogP contribution in [-0.2, 0) is 16.6 Å². The molecule has 0 radical (unpaired) electrons. The maximum absolute atomic E-state index is 12.0. The van der Waals surface area contributed by atoms with Crippen molar-refractivity contribution in [3.8, 4) is 0 Å². The van der Waals surface area contributed by atoms with E-state index in [1.54, 1.807) is 36.7 Å². The molecular formula is C13H14N2O2S. The number of pyridine rings is 1. The van der Waals surface area contributed by atoms with E-state index in [4.69, 9.17) is 0 Å². The second kappa shape index (κ2) is 5.29. The molecule has 0 saturated carbocycles. The molecule has 1 N–H and O–H groups in total. The van der Waals surface area contributed by atoms with Crippen LogP contribution in [0.5, 0.6) is 0 Å². The first-order valence-electron chi connectivity index (χ1n) is 5.53. The molecule has 0 fully saturated rings. The van der Waals surface area contributed by atoms with E-state index in [0.717, 1.165) is 11.1 Å². The summed E-state index contributed by atoms with van der Waals surface area (Å²) in [4.78, 5) is 4.22. The Kier molecular flexibility index (Phi) is 3.74. The number of aryl methyl sites for hydroxylation is 1. The zero-order valence-corrected chi connectivity index (χ0v) is 10.8. The first-order valence-corrected chi connectivity index (χ1v) is 7.01. The van der Waals surface area contributed by atoms with Crippen molar-refractivity contribution in [1.82, 2.24) is 9.71 Å². The van der Waals surface area contributed by atoms with Crippen molar-refractivity contribution < 1.29 is 8.42 Å². The Hall–Kier alpha value is -1.72. The summed E-state index contributed by atoms with van der Waals surface area (Å²) < 4.78 is 26.6. The summed E-state index contributed by atoms with van der Waals surface area (Å²) >= 11 is 0. The van der Waals surface area contributed by atoms with Gasteiger partial charge >= 0.3 is 0 Å². The van der Waals surface area contributed by atoms with Gasteiger partial charge in [-0.25, -0.2) is 13.1 Å². The van der Waals surface area contributed by atoms with Crippen LogP contribution in [0, 0.1) is 6.92 Å². The van der Waals surface area contributed by atoms with Gasteiger partial charge in [-0.05, 0) is 36.2 Å². The molecule has 0 bridgehead atoms. The summed E-state index contributed by atoms with van der Waals surface area (Å²) in [6, 6.07) is 10.4. The van der Waals surface area contributed by atoms with Gasteiger partial charge in [-0.3, -0.25) is 4.98 Å². The van der Waals surface area contributed by atoms with Gasteiger partial charge < -0.3 is 0 Å². The Morgan fingerprint density at radius 2 is 2.06 bits per heavy atom. The van der Waals surface area contributed by atoms with Crippen LogP contribution in [0.1, 0.15) is 11.1 Å². The van der Waals surface area contributed by atoms with Gasteiger partial charge in [-0.2, -0.15) is 0 Å². The summed E-state index contributed by atoms with van der Waals surface area (Å²) in [5.74, 6) is 0. The van der Waals surface area contributed by atoms with E-state index in [1.165, 1.54) is 0 Å². The van der Waals surface area contributed by atoms with Crippen LogP contribution >= 0.6 is 0 Å². The third-order valence-corrected chi connectivity index (χ3v) is 3.89. The number of nitrogens with one attached hydrogen (secondary N) is 1. The zero-order chi connectivity index (χ0) is 13.0. The van der Waals surface area contributed by atoms with Crippen LogP contribution < -0.4 is 4.72 Å². The molecule has 0 saturated heterocycles. The summed E-state index contributed by atoms with van der Waals surface area (Å²) in [7, 11) is -3.46. The van der Waals surface area contributed by atoms with E-state index >= 15 is 0 Å². The molecule has 4 nitrogen and oxygen atoms in total. The van der Waals surface area contributed by atoms with Crippen molar-refractivity contribution >= 4 is 10.0 Å². The van der Waals surface area contributed by atoms with Crippen molar-refractivity contribution in [2.75, 3.05) is 0 Å². The molecule has 94 valence electrons. The van der Waals surface area contributed by atoms with Gasteiger partial charge in [0, 0.05) is 18.9 Å². The molecule has 0 aliphatic carbocycles. The van der Waals surface area contributed by atoms with Crippen LogP contribution in [-0.4, -0.2) is 13.4 Å². The van der Waals surface area contributed by atoms with E-state index in [-0.39, 0.29) is 11.4 Å². The molecule has 5 heteroatoms. The molecule has 18 heavy (non-hydrogen) atoms. The van der Waals surface area contributed by atoms with Gasteiger partial charge in [0.15, 0.2) is 0 Å². The van der Waals surface area contributed by atoms with Crippen molar-refractivity contribution in [2.45, 2.75) is 18.4 Å². The summed E-state index contributed by atoms with van der Waals surface area (Å²) in [6.45, 7) is 2.10. The minimum absolute atomic E-state index is 0.240. The van der Waals surface area contributed by atoms with Crippen LogP contribution in [0.4, 0.5) is 0 Å². The van der Waals surface area contributed by atoms with Crippen LogP contribution in [0.3, 0.4) is 0 Å². The van der Waals surface area contributed by atoms with Crippen molar-refractivity contribution in [1.29, 1.82) is 0 Å². The lowest BCUT2D eigenvalue weighted by atomic mass is 10.2. The number of nitrogens with zero attached hydrogens (tertiary/aromatic N) is 1. The third-order valence-electron chi connectivity index (χ3n) is 2.49. The van der Waals surface area contributed by atoms with E-state index < -0.39 is 10.0 Å². The molecule has 0 unspecified atom stereocenters. The Morgan fingerprint density at radius 1 is 1.22 bits per heavy atom. The minimum atomic E-state index is -3.46. The van der Waals surface area contributed by atoms with Crippen molar-refractivity contribution in [2.24, 2.45) is 0 Å². The lowest BCUT2D eigenvalue weighted by Crippen LogP contribution is -2.23. The van der Waals surface area contributed by atoms with Gasteiger partial charge in [-0.1, -0.05) is 18.2 Å². The highest BCUT2D eigenvalue weighted by molar-refractivity contribution is 7.89. The van der Waals surface area contributed by atoms with Crippen LogP contribution in [0.25, 0.3) is 0 Å².